The highest BCUT2D eigenvalue weighted by Crippen LogP contribution is 2.29. The van der Waals surface area contributed by atoms with Crippen LogP contribution in [-0.4, -0.2) is 15.6 Å². The molecule has 1 heterocycles. The molecule has 5 heteroatoms. The summed E-state index contributed by atoms with van der Waals surface area (Å²) in [4.78, 5) is 11.2. The molecule has 3 rings (SSSR count). The van der Waals surface area contributed by atoms with E-state index in [9.17, 15) is 18.7 Å². The van der Waals surface area contributed by atoms with Gasteiger partial charge in [0.2, 0.25) is 0 Å². The first-order valence-electron chi connectivity index (χ1n) is 6.25. The van der Waals surface area contributed by atoms with Gasteiger partial charge in [0.15, 0.2) is 0 Å². The Bertz CT molecular complexity index is 868. The van der Waals surface area contributed by atoms with Gasteiger partial charge in [0.05, 0.1) is 5.56 Å². The molecule has 0 radical (unpaired) electrons. The molecule has 0 aliphatic carbocycles. The zero-order chi connectivity index (χ0) is 15.1. The summed E-state index contributed by atoms with van der Waals surface area (Å²) >= 11 is 0. The second kappa shape index (κ2) is 4.70. The van der Waals surface area contributed by atoms with Gasteiger partial charge in [0, 0.05) is 29.7 Å². The Morgan fingerprint density at radius 1 is 1.14 bits per heavy atom. The molecule has 0 saturated carbocycles. The summed E-state index contributed by atoms with van der Waals surface area (Å²) in [7, 11) is 1.73. The smallest absolute Gasteiger partial charge is 0.337 e. The van der Waals surface area contributed by atoms with E-state index < -0.39 is 17.6 Å². The minimum atomic E-state index is -1.06. The lowest BCUT2D eigenvalue weighted by atomic mass is 10.0. The summed E-state index contributed by atoms with van der Waals surface area (Å²) < 4.78 is 28.8. The molecule has 2 aromatic carbocycles. The molecular weight excluding hydrogens is 276 g/mol. The first-order chi connectivity index (χ1) is 9.97. The van der Waals surface area contributed by atoms with E-state index in [0.29, 0.717) is 16.5 Å². The van der Waals surface area contributed by atoms with Crippen LogP contribution < -0.4 is 0 Å². The van der Waals surface area contributed by atoms with Crippen LogP contribution in [0.3, 0.4) is 0 Å². The Hall–Kier alpha value is -2.69. The van der Waals surface area contributed by atoms with Gasteiger partial charge in [-0.25, -0.2) is 13.6 Å². The molecule has 0 atom stereocenters. The molecule has 1 N–H and O–H groups in total. The number of aromatic carboxylic acids is 1. The van der Waals surface area contributed by atoms with E-state index >= 15 is 0 Å². The van der Waals surface area contributed by atoms with Crippen molar-refractivity contribution in [2.45, 2.75) is 0 Å². The van der Waals surface area contributed by atoms with Gasteiger partial charge in [-0.15, -0.1) is 0 Å². The number of benzene rings is 2. The van der Waals surface area contributed by atoms with Crippen LogP contribution in [0.5, 0.6) is 0 Å². The maximum absolute atomic E-state index is 13.8. The zero-order valence-electron chi connectivity index (χ0n) is 11.1. The Balaban J connectivity index is 2.28. The van der Waals surface area contributed by atoms with E-state index in [2.05, 4.69) is 0 Å². The van der Waals surface area contributed by atoms with Crippen LogP contribution in [0.1, 0.15) is 10.4 Å². The number of rotatable bonds is 2. The lowest BCUT2D eigenvalue weighted by Crippen LogP contribution is -1.94. The van der Waals surface area contributed by atoms with Crippen molar-refractivity contribution < 1.29 is 18.7 Å². The monoisotopic (exact) mass is 287 g/mol. The summed E-state index contributed by atoms with van der Waals surface area (Å²) in [5.74, 6) is -2.15. The van der Waals surface area contributed by atoms with E-state index in [1.807, 2.05) is 0 Å². The van der Waals surface area contributed by atoms with E-state index in [1.54, 1.807) is 29.8 Å². The molecule has 1 aromatic heterocycles. The summed E-state index contributed by atoms with van der Waals surface area (Å²) in [5, 5.41) is 9.70. The van der Waals surface area contributed by atoms with Crippen molar-refractivity contribution in [1.29, 1.82) is 0 Å². The SMILES string of the molecule is Cn1cc(C(=O)O)c2cc(-c3cc(F)ccc3F)ccc21. The van der Waals surface area contributed by atoms with Gasteiger partial charge in [-0.3, -0.25) is 0 Å². The third-order valence-electron chi connectivity index (χ3n) is 3.46. The second-order valence-corrected chi connectivity index (χ2v) is 4.81. The van der Waals surface area contributed by atoms with E-state index in [1.165, 1.54) is 6.20 Å². The second-order valence-electron chi connectivity index (χ2n) is 4.81. The van der Waals surface area contributed by atoms with Crippen molar-refractivity contribution in [3.05, 3.63) is 59.8 Å². The predicted octanol–water partition coefficient (Wildman–Crippen LogP) is 3.82. The number of aromatic nitrogens is 1. The summed E-state index contributed by atoms with van der Waals surface area (Å²) in [6.45, 7) is 0. The molecule has 0 aliphatic rings. The third kappa shape index (κ3) is 2.16. The quantitative estimate of drug-likeness (QED) is 0.778. The fourth-order valence-corrected chi connectivity index (χ4v) is 2.45. The lowest BCUT2D eigenvalue weighted by molar-refractivity contribution is 0.0699. The molecular formula is C16H11F2NO2. The highest BCUT2D eigenvalue weighted by Gasteiger charge is 2.15. The number of hydrogen-bond donors (Lipinski definition) is 1. The molecule has 21 heavy (non-hydrogen) atoms. The molecule has 0 bridgehead atoms. The van der Waals surface area contributed by atoms with Gasteiger partial charge < -0.3 is 9.67 Å². The van der Waals surface area contributed by atoms with Crippen molar-refractivity contribution in [2.24, 2.45) is 7.05 Å². The van der Waals surface area contributed by atoms with Crippen LogP contribution in [-0.2, 0) is 7.05 Å². The standard InChI is InChI=1S/C16H11F2NO2/c1-19-8-13(16(20)21)12-6-9(2-5-15(12)19)11-7-10(17)3-4-14(11)18/h2-8H,1H3,(H,20,21). The average Bonchev–Trinajstić information content (AvgIpc) is 2.78. The van der Waals surface area contributed by atoms with E-state index in [4.69, 9.17) is 0 Å². The van der Waals surface area contributed by atoms with Crippen LogP contribution in [0.2, 0.25) is 0 Å². The maximum Gasteiger partial charge on any atom is 0.337 e. The molecule has 0 unspecified atom stereocenters. The molecule has 0 aliphatic heterocycles. The highest BCUT2D eigenvalue weighted by molar-refractivity contribution is 6.04. The van der Waals surface area contributed by atoms with Crippen LogP contribution in [0.4, 0.5) is 8.78 Å². The van der Waals surface area contributed by atoms with Gasteiger partial charge in [-0.05, 0) is 35.9 Å². The fourth-order valence-electron chi connectivity index (χ4n) is 2.45. The molecule has 0 spiro atoms. The van der Waals surface area contributed by atoms with Gasteiger partial charge >= 0.3 is 5.97 Å². The Kier molecular flexibility index (Phi) is 2.97. The lowest BCUT2D eigenvalue weighted by Gasteiger charge is -2.05. The van der Waals surface area contributed by atoms with Crippen molar-refractivity contribution >= 4 is 16.9 Å². The third-order valence-corrected chi connectivity index (χ3v) is 3.46. The van der Waals surface area contributed by atoms with Crippen molar-refractivity contribution in [3.63, 3.8) is 0 Å². The number of carboxylic acids is 1. The summed E-state index contributed by atoms with van der Waals surface area (Å²) in [5.41, 5.74) is 1.39. The maximum atomic E-state index is 13.8. The fraction of sp³-hybridized carbons (Fsp3) is 0.0625. The average molecular weight is 287 g/mol. The van der Waals surface area contributed by atoms with Crippen LogP contribution in [0.15, 0.2) is 42.6 Å². The van der Waals surface area contributed by atoms with Crippen LogP contribution >= 0.6 is 0 Å². The molecule has 0 fully saturated rings. The van der Waals surface area contributed by atoms with Crippen molar-refractivity contribution in [3.8, 4) is 11.1 Å². The molecule has 0 saturated heterocycles. The topological polar surface area (TPSA) is 42.2 Å². The Morgan fingerprint density at radius 3 is 2.62 bits per heavy atom. The minimum Gasteiger partial charge on any atom is -0.478 e. The minimum absolute atomic E-state index is 0.108. The zero-order valence-corrected chi connectivity index (χ0v) is 11.1. The number of aryl methyl sites for hydroxylation is 1. The van der Waals surface area contributed by atoms with Gasteiger partial charge in [-0.1, -0.05) is 6.07 Å². The van der Waals surface area contributed by atoms with Gasteiger partial charge in [0.25, 0.3) is 0 Å². The first kappa shape index (κ1) is 13.3. The van der Waals surface area contributed by atoms with Gasteiger partial charge in [0.1, 0.15) is 11.6 Å². The number of halogens is 2. The van der Waals surface area contributed by atoms with Crippen molar-refractivity contribution in [2.75, 3.05) is 0 Å². The molecule has 3 nitrogen and oxygen atoms in total. The number of fused-ring (bicyclic) bond motifs is 1. The molecule has 0 amide bonds. The number of hydrogen-bond acceptors (Lipinski definition) is 1. The van der Waals surface area contributed by atoms with Gasteiger partial charge in [-0.2, -0.15) is 0 Å². The first-order valence-corrected chi connectivity index (χ1v) is 6.25. The van der Waals surface area contributed by atoms with E-state index in [0.717, 1.165) is 18.2 Å². The van der Waals surface area contributed by atoms with Crippen molar-refractivity contribution in [1.82, 2.24) is 4.57 Å². The highest BCUT2D eigenvalue weighted by atomic mass is 19.1. The molecule has 3 aromatic rings. The van der Waals surface area contributed by atoms with E-state index in [-0.39, 0.29) is 11.1 Å². The number of nitrogens with zero attached hydrogens (tertiary/aromatic N) is 1. The normalized spacial score (nSPS) is 11.0. The number of carbonyl (C=O) groups is 1. The number of carboxylic acid groups (broad SMARTS) is 1. The summed E-state index contributed by atoms with van der Waals surface area (Å²) in [6.07, 6.45) is 1.50. The Labute approximate surface area is 119 Å². The Morgan fingerprint density at radius 2 is 1.90 bits per heavy atom. The van der Waals surface area contributed by atoms with Crippen LogP contribution in [0, 0.1) is 11.6 Å². The largest absolute Gasteiger partial charge is 0.478 e. The summed E-state index contributed by atoms with van der Waals surface area (Å²) in [6, 6.07) is 8.10. The molecule has 106 valence electrons. The predicted molar refractivity (Wildman–Crippen MR) is 75.2 cm³/mol. The van der Waals surface area contributed by atoms with Crippen LogP contribution in [0.25, 0.3) is 22.0 Å².